The van der Waals surface area contributed by atoms with Gasteiger partial charge in [0.15, 0.2) is 0 Å². The SMILES string of the molecule is Cc1noc(C)c1CC(=O)N1CCCC(c2ccc(C(=O)N3CCN(C)CC3)cn2)C1. The first-order chi connectivity index (χ1) is 14.9. The van der Waals surface area contributed by atoms with Gasteiger partial charge >= 0.3 is 0 Å². The summed E-state index contributed by atoms with van der Waals surface area (Å²) < 4.78 is 5.19. The molecule has 2 aliphatic heterocycles. The first kappa shape index (κ1) is 21.5. The number of likely N-dealkylation sites (N-methyl/N-ethyl adjacent to an activating group) is 1. The molecule has 31 heavy (non-hydrogen) atoms. The molecular formula is C23H31N5O3. The molecule has 4 rings (SSSR count). The number of pyridine rings is 1. The minimum atomic E-state index is 0.0482. The number of aryl methyl sites for hydroxylation is 2. The zero-order valence-electron chi connectivity index (χ0n) is 18.6. The molecule has 2 aromatic rings. The second kappa shape index (κ2) is 9.18. The summed E-state index contributed by atoms with van der Waals surface area (Å²) in [6.45, 7) is 8.43. The number of hydrogen-bond acceptors (Lipinski definition) is 6. The van der Waals surface area contributed by atoms with Crippen molar-refractivity contribution in [2.75, 3.05) is 46.3 Å². The summed E-state index contributed by atoms with van der Waals surface area (Å²) in [6, 6.07) is 3.84. The lowest BCUT2D eigenvalue weighted by atomic mass is 9.93. The summed E-state index contributed by atoms with van der Waals surface area (Å²) in [4.78, 5) is 36.3. The molecule has 2 saturated heterocycles. The van der Waals surface area contributed by atoms with Gasteiger partial charge in [-0.2, -0.15) is 0 Å². The molecule has 0 bridgehead atoms. The topological polar surface area (TPSA) is 82.8 Å². The van der Waals surface area contributed by atoms with E-state index in [1.54, 1.807) is 6.20 Å². The van der Waals surface area contributed by atoms with Crippen LogP contribution < -0.4 is 0 Å². The first-order valence-electron chi connectivity index (χ1n) is 11.1. The zero-order valence-corrected chi connectivity index (χ0v) is 18.6. The third-order valence-corrected chi connectivity index (χ3v) is 6.53. The fourth-order valence-corrected chi connectivity index (χ4v) is 4.43. The number of amides is 2. The summed E-state index contributed by atoms with van der Waals surface area (Å²) in [6.07, 6.45) is 3.95. The lowest BCUT2D eigenvalue weighted by molar-refractivity contribution is -0.131. The molecule has 2 fully saturated rings. The van der Waals surface area contributed by atoms with Gasteiger partial charge in [0.2, 0.25) is 5.91 Å². The third-order valence-electron chi connectivity index (χ3n) is 6.53. The molecule has 1 atom stereocenters. The van der Waals surface area contributed by atoms with E-state index in [1.165, 1.54) is 0 Å². The zero-order chi connectivity index (χ0) is 22.0. The van der Waals surface area contributed by atoms with Crippen molar-refractivity contribution in [2.45, 2.75) is 39.0 Å². The van der Waals surface area contributed by atoms with Gasteiger partial charge < -0.3 is 19.2 Å². The maximum Gasteiger partial charge on any atom is 0.255 e. The number of piperazine rings is 1. The van der Waals surface area contributed by atoms with E-state index in [0.717, 1.165) is 62.5 Å². The van der Waals surface area contributed by atoms with Gasteiger partial charge in [-0.3, -0.25) is 14.6 Å². The molecule has 8 nitrogen and oxygen atoms in total. The number of carbonyl (C=O) groups excluding carboxylic acids is 2. The molecule has 0 saturated carbocycles. The van der Waals surface area contributed by atoms with E-state index in [4.69, 9.17) is 4.52 Å². The average Bonchev–Trinajstić information content (AvgIpc) is 3.11. The Hall–Kier alpha value is -2.74. The number of carbonyl (C=O) groups is 2. The van der Waals surface area contributed by atoms with Crippen LogP contribution in [0.3, 0.4) is 0 Å². The molecule has 2 aliphatic rings. The van der Waals surface area contributed by atoms with Crippen LogP contribution in [0, 0.1) is 13.8 Å². The predicted molar refractivity (Wildman–Crippen MR) is 116 cm³/mol. The van der Waals surface area contributed by atoms with Crippen molar-refractivity contribution in [3.8, 4) is 0 Å². The van der Waals surface area contributed by atoms with Crippen LogP contribution in [0.2, 0.25) is 0 Å². The molecule has 4 heterocycles. The molecule has 8 heteroatoms. The molecule has 0 radical (unpaired) electrons. The highest BCUT2D eigenvalue weighted by atomic mass is 16.5. The van der Waals surface area contributed by atoms with Crippen LogP contribution in [0.1, 0.15) is 51.8 Å². The largest absolute Gasteiger partial charge is 0.361 e. The summed E-state index contributed by atoms with van der Waals surface area (Å²) in [7, 11) is 2.07. The number of nitrogens with zero attached hydrogens (tertiary/aromatic N) is 5. The molecule has 1 unspecified atom stereocenters. The Morgan fingerprint density at radius 2 is 1.87 bits per heavy atom. The van der Waals surface area contributed by atoms with Gasteiger partial charge in [-0.05, 0) is 45.9 Å². The van der Waals surface area contributed by atoms with E-state index in [0.29, 0.717) is 24.3 Å². The highest BCUT2D eigenvalue weighted by Crippen LogP contribution is 2.27. The van der Waals surface area contributed by atoms with Crippen molar-refractivity contribution < 1.29 is 14.1 Å². The molecule has 0 spiro atoms. The molecule has 0 aliphatic carbocycles. The number of aromatic nitrogens is 2. The van der Waals surface area contributed by atoms with Crippen molar-refractivity contribution >= 4 is 11.8 Å². The minimum Gasteiger partial charge on any atom is -0.361 e. The second-order valence-corrected chi connectivity index (χ2v) is 8.73. The Labute approximate surface area is 183 Å². The van der Waals surface area contributed by atoms with Crippen molar-refractivity contribution in [3.05, 3.63) is 46.6 Å². The van der Waals surface area contributed by atoms with Gasteiger partial charge in [-0.1, -0.05) is 5.16 Å². The van der Waals surface area contributed by atoms with Gasteiger partial charge in [0.25, 0.3) is 5.91 Å². The predicted octanol–water partition coefficient (Wildman–Crippen LogP) is 2.02. The number of piperidine rings is 1. The van der Waals surface area contributed by atoms with Crippen LogP contribution in [0.5, 0.6) is 0 Å². The summed E-state index contributed by atoms with van der Waals surface area (Å²) in [5.74, 6) is 1.05. The first-order valence-corrected chi connectivity index (χ1v) is 11.1. The molecule has 2 aromatic heterocycles. The van der Waals surface area contributed by atoms with Crippen LogP contribution in [-0.4, -0.2) is 83.0 Å². The highest BCUT2D eigenvalue weighted by molar-refractivity contribution is 5.94. The van der Waals surface area contributed by atoms with Crippen LogP contribution in [0.15, 0.2) is 22.9 Å². The van der Waals surface area contributed by atoms with E-state index in [9.17, 15) is 9.59 Å². The smallest absolute Gasteiger partial charge is 0.255 e. The fraction of sp³-hybridized carbons (Fsp3) is 0.565. The van der Waals surface area contributed by atoms with Crippen LogP contribution >= 0.6 is 0 Å². The monoisotopic (exact) mass is 425 g/mol. The lowest BCUT2D eigenvalue weighted by Gasteiger charge is -2.33. The van der Waals surface area contributed by atoms with E-state index < -0.39 is 0 Å². The second-order valence-electron chi connectivity index (χ2n) is 8.73. The van der Waals surface area contributed by atoms with Gasteiger partial charge in [0, 0.05) is 62.6 Å². The fourth-order valence-electron chi connectivity index (χ4n) is 4.43. The maximum atomic E-state index is 12.9. The van der Waals surface area contributed by atoms with E-state index in [2.05, 4.69) is 22.1 Å². The van der Waals surface area contributed by atoms with Gasteiger partial charge in [-0.25, -0.2) is 0 Å². The minimum absolute atomic E-state index is 0.0482. The third kappa shape index (κ3) is 4.79. The van der Waals surface area contributed by atoms with Crippen molar-refractivity contribution in [1.29, 1.82) is 0 Å². The number of hydrogen-bond donors (Lipinski definition) is 0. The van der Waals surface area contributed by atoms with Gasteiger partial charge in [0.1, 0.15) is 5.76 Å². The molecule has 0 aromatic carbocycles. The Balaban J connectivity index is 1.38. The van der Waals surface area contributed by atoms with Crippen LogP contribution in [0.25, 0.3) is 0 Å². The summed E-state index contributed by atoms with van der Waals surface area (Å²) in [5, 5.41) is 3.95. The Morgan fingerprint density at radius 1 is 1.10 bits per heavy atom. The maximum absolute atomic E-state index is 12.9. The normalized spacial score (nSPS) is 20.2. The Morgan fingerprint density at radius 3 is 2.52 bits per heavy atom. The van der Waals surface area contributed by atoms with E-state index >= 15 is 0 Å². The van der Waals surface area contributed by atoms with Gasteiger partial charge in [0.05, 0.1) is 17.7 Å². The van der Waals surface area contributed by atoms with Gasteiger partial charge in [-0.15, -0.1) is 0 Å². The molecule has 2 amide bonds. The Bertz CT molecular complexity index is 912. The van der Waals surface area contributed by atoms with Crippen molar-refractivity contribution in [3.63, 3.8) is 0 Å². The summed E-state index contributed by atoms with van der Waals surface area (Å²) in [5.41, 5.74) is 3.25. The number of likely N-dealkylation sites (tertiary alicyclic amines) is 1. The lowest BCUT2D eigenvalue weighted by Crippen LogP contribution is -2.47. The van der Waals surface area contributed by atoms with Crippen molar-refractivity contribution in [1.82, 2.24) is 24.8 Å². The quantitative estimate of drug-likeness (QED) is 0.745. The van der Waals surface area contributed by atoms with E-state index in [-0.39, 0.29) is 17.7 Å². The number of rotatable bonds is 4. The van der Waals surface area contributed by atoms with Crippen LogP contribution in [0.4, 0.5) is 0 Å². The standard InChI is InChI=1S/C23H31N5O3/c1-16-20(17(2)31-25-16)13-22(29)28-8-4-5-19(15-28)21-7-6-18(14-24-21)23(30)27-11-9-26(3)10-12-27/h6-7,14,19H,4-5,8-13,15H2,1-3H3. The van der Waals surface area contributed by atoms with E-state index in [1.807, 2.05) is 35.8 Å². The van der Waals surface area contributed by atoms with Crippen LogP contribution in [-0.2, 0) is 11.2 Å². The highest BCUT2D eigenvalue weighted by Gasteiger charge is 2.27. The van der Waals surface area contributed by atoms with Crippen molar-refractivity contribution in [2.24, 2.45) is 0 Å². The molecular weight excluding hydrogens is 394 g/mol. The average molecular weight is 426 g/mol. The summed E-state index contributed by atoms with van der Waals surface area (Å²) >= 11 is 0. The molecule has 0 N–H and O–H groups in total. The molecule has 166 valence electrons. The Kier molecular flexibility index (Phi) is 6.36.